The normalized spacial score (nSPS) is 12.4. The van der Waals surface area contributed by atoms with Gasteiger partial charge < -0.3 is 9.52 Å². The quantitative estimate of drug-likeness (QED) is 0.203. The van der Waals surface area contributed by atoms with Gasteiger partial charge in [-0.25, -0.2) is 4.98 Å². The average molecular weight is 522 g/mol. The van der Waals surface area contributed by atoms with Crippen molar-refractivity contribution in [1.82, 2.24) is 4.98 Å². The minimum atomic E-state index is 0.0462. The molecular formula is C32H27NO2S2. The fourth-order valence-corrected chi connectivity index (χ4v) is 7.20. The van der Waals surface area contributed by atoms with Gasteiger partial charge in [0.1, 0.15) is 17.1 Å². The molecule has 2 heterocycles. The monoisotopic (exact) mass is 521 g/mol. The van der Waals surface area contributed by atoms with Crippen molar-refractivity contribution in [2.75, 3.05) is 0 Å². The van der Waals surface area contributed by atoms with Gasteiger partial charge in [-0.3, -0.25) is 0 Å². The van der Waals surface area contributed by atoms with Crippen LogP contribution in [0.4, 0.5) is 0 Å². The molecule has 0 amide bonds. The molecule has 0 aliphatic rings. The van der Waals surface area contributed by atoms with Crippen molar-refractivity contribution in [2.24, 2.45) is 0 Å². The fraction of sp³-hybridized carbons (Fsp3) is 0.156. The Balaban J connectivity index is 1.46. The van der Waals surface area contributed by atoms with Crippen LogP contribution in [-0.4, -0.2) is 10.1 Å². The summed E-state index contributed by atoms with van der Waals surface area (Å²) in [4.78, 5) is 4.96. The molecule has 0 fully saturated rings. The molecule has 1 atom stereocenters. The second-order valence-electron chi connectivity index (χ2n) is 9.15. The lowest BCUT2D eigenvalue weighted by molar-refractivity contribution is 0.475. The van der Waals surface area contributed by atoms with Crippen LogP contribution >= 0.6 is 23.1 Å². The van der Waals surface area contributed by atoms with Crippen LogP contribution in [0.2, 0.25) is 0 Å². The van der Waals surface area contributed by atoms with Gasteiger partial charge in [0.05, 0.1) is 15.5 Å². The van der Waals surface area contributed by atoms with Gasteiger partial charge in [0.15, 0.2) is 4.34 Å². The van der Waals surface area contributed by atoms with Crippen molar-refractivity contribution < 1.29 is 9.52 Å². The lowest BCUT2D eigenvalue weighted by Crippen LogP contribution is -2.00. The summed E-state index contributed by atoms with van der Waals surface area (Å²) >= 11 is 3.55. The topological polar surface area (TPSA) is 46.3 Å². The van der Waals surface area contributed by atoms with Crippen molar-refractivity contribution in [3.8, 4) is 16.9 Å². The molecule has 0 aliphatic heterocycles. The standard InChI is InChI=1S/C32H27NO2S2/c1-2-3-10-28-30(25-8-4-6-11-27(25)35-28)31(37-32-33-26-9-5-7-12-29(26)36-32)23-15-13-21(14-16-23)22-17-19-24(34)20-18-22/h4-9,11-20,31,34H,2-3,10H2,1H3. The molecule has 0 saturated carbocycles. The van der Waals surface area contributed by atoms with E-state index < -0.39 is 0 Å². The molecule has 3 nitrogen and oxygen atoms in total. The first-order valence-corrected chi connectivity index (χ1v) is 14.3. The van der Waals surface area contributed by atoms with Crippen molar-refractivity contribution >= 4 is 44.3 Å². The van der Waals surface area contributed by atoms with E-state index in [-0.39, 0.29) is 11.0 Å². The third-order valence-corrected chi connectivity index (χ3v) is 9.04. The first-order valence-electron chi connectivity index (χ1n) is 12.6. The average Bonchev–Trinajstić information content (AvgIpc) is 3.52. The van der Waals surface area contributed by atoms with Gasteiger partial charge in [0, 0.05) is 17.4 Å². The lowest BCUT2D eigenvalue weighted by atomic mass is 9.97. The van der Waals surface area contributed by atoms with Crippen molar-refractivity contribution in [3.63, 3.8) is 0 Å². The molecule has 0 aliphatic carbocycles. The van der Waals surface area contributed by atoms with E-state index in [1.807, 2.05) is 24.3 Å². The zero-order valence-corrected chi connectivity index (χ0v) is 22.2. The van der Waals surface area contributed by atoms with Gasteiger partial charge in [-0.1, -0.05) is 91.8 Å². The summed E-state index contributed by atoms with van der Waals surface area (Å²) < 4.78 is 8.71. The molecule has 6 rings (SSSR count). The van der Waals surface area contributed by atoms with Crippen LogP contribution in [0.3, 0.4) is 0 Å². The maximum Gasteiger partial charge on any atom is 0.152 e. The highest BCUT2D eigenvalue weighted by Crippen LogP contribution is 2.47. The van der Waals surface area contributed by atoms with Crippen LogP contribution < -0.4 is 0 Å². The fourth-order valence-electron chi connectivity index (χ4n) is 4.73. The van der Waals surface area contributed by atoms with Crippen LogP contribution in [0.5, 0.6) is 5.75 Å². The van der Waals surface area contributed by atoms with Gasteiger partial charge in [-0.2, -0.15) is 0 Å². The number of hydrogen-bond donors (Lipinski definition) is 1. The molecular weight excluding hydrogens is 494 g/mol. The molecule has 1 N–H and O–H groups in total. The summed E-state index contributed by atoms with van der Waals surface area (Å²) in [6.07, 6.45) is 3.13. The Kier molecular flexibility index (Phi) is 6.73. The van der Waals surface area contributed by atoms with Crippen molar-refractivity contribution in [2.45, 2.75) is 35.8 Å². The number of hydrogen-bond acceptors (Lipinski definition) is 5. The molecule has 0 bridgehead atoms. The molecule has 2 aromatic heterocycles. The number of para-hydroxylation sites is 2. The minimum Gasteiger partial charge on any atom is -0.508 e. The minimum absolute atomic E-state index is 0.0462. The van der Waals surface area contributed by atoms with E-state index in [2.05, 4.69) is 67.6 Å². The van der Waals surface area contributed by atoms with E-state index in [0.29, 0.717) is 0 Å². The molecule has 5 heteroatoms. The summed E-state index contributed by atoms with van der Waals surface area (Å²) in [5.74, 6) is 1.35. The zero-order chi connectivity index (χ0) is 25.2. The SMILES string of the molecule is CCCCc1oc2ccccc2c1C(Sc1nc2ccccc2s1)c1ccc(-c2ccc(O)cc2)cc1. The lowest BCUT2D eigenvalue weighted by Gasteiger charge is -2.18. The van der Waals surface area contributed by atoms with Crippen LogP contribution in [0.15, 0.2) is 106 Å². The number of aromatic nitrogens is 1. The number of thiazole rings is 1. The van der Waals surface area contributed by atoms with E-state index in [1.54, 1.807) is 35.2 Å². The zero-order valence-electron chi connectivity index (χ0n) is 20.6. The predicted octanol–water partition coefficient (Wildman–Crippen LogP) is 9.64. The Morgan fingerprint density at radius 1 is 0.865 bits per heavy atom. The summed E-state index contributed by atoms with van der Waals surface area (Å²) in [7, 11) is 0. The number of benzene rings is 4. The van der Waals surface area contributed by atoms with Gasteiger partial charge in [0.25, 0.3) is 0 Å². The molecule has 37 heavy (non-hydrogen) atoms. The van der Waals surface area contributed by atoms with Gasteiger partial charge >= 0.3 is 0 Å². The maximum atomic E-state index is 9.68. The number of furan rings is 1. The first kappa shape index (κ1) is 23.8. The van der Waals surface area contributed by atoms with E-state index in [0.717, 1.165) is 51.6 Å². The van der Waals surface area contributed by atoms with E-state index >= 15 is 0 Å². The summed E-state index contributed by atoms with van der Waals surface area (Å²) in [6.45, 7) is 2.22. The highest BCUT2D eigenvalue weighted by Gasteiger charge is 2.26. The van der Waals surface area contributed by atoms with Crippen LogP contribution in [0.1, 0.15) is 41.9 Å². The van der Waals surface area contributed by atoms with Crippen LogP contribution in [0, 0.1) is 0 Å². The highest BCUT2D eigenvalue weighted by atomic mass is 32.2. The smallest absolute Gasteiger partial charge is 0.152 e. The number of rotatable bonds is 8. The van der Waals surface area contributed by atoms with E-state index in [9.17, 15) is 5.11 Å². The van der Waals surface area contributed by atoms with Crippen LogP contribution in [0.25, 0.3) is 32.3 Å². The number of aromatic hydroxyl groups is 1. The number of aryl methyl sites for hydroxylation is 1. The molecule has 6 aromatic rings. The second-order valence-corrected chi connectivity index (χ2v) is 11.5. The summed E-state index contributed by atoms with van der Waals surface area (Å²) in [6, 6.07) is 32.9. The number of phenols is 1. The third-order valence-electron chi connectivity index (χ3n) is 6.64. The second kappa shape index (κ2) is 10.4. The summed E-state index contributed by atoms with van der Waals surface area (Å²) in [5.41, 5.74) is 6.66. The Morgan fingerprint density at radius 3 is 2.32 bits per heavy atom. The number of fused-ring (bicyclic) bond motifs is 2. The van der Waals surface area contributed by atoms with Gasteiger partial charge in [-0.15, -0.1) is 11.3 Å². The number of unbranched alkanes of at least 4 members (excludes halogenated alkanes) is 1. The third kappa shape index (κ3) is 4.89. The molecule has 0 spiro atoms. The van der Waals surface area contributed by atoms with Gasteiger partial charge in [-0.05, 0) is 53.4 Å². The Bertz CT molecular complexity index is 1620. The van der Waals surface area contributed by atoms with Crippen LogP contribution in [-0.2, 0) is 6.42 Å². The number of thioether (sulfide) groups is 1. The number of phenolic OH excluding ortho intramolecular Hbond substituents is 1. The summed E-state index contributed by atoms with van der Waals surface area (Å²) in [5, 5.41) is 10.9. The maximum absolute atomic E-state index is 9.68. The molecule has 1 unspecified atom stereocenters. The predicted molar refractivity (Wildman–Crippen MR) is 156 cm³/mol. The Morgan fingerprint density at radius 2 is 1.57 bits per heavy atom. The van der Waals surface area contributed by atoms with Gasteiger partial charge in [0.2, 0.25) is 0 Å². The molecule has 0 radical (unpaired) electrons. The number of nitrogens with zero attached hydrogens (tertiary/aromatic N) is 1. The highest BCUT2D eigenvalue weighted by molar-refractivity contribution is 8.01. The van der Waals surface area contributed by atoms with E-state index in [1.165, 1.54) is 21.2 Å². The van der Waals surface area contributed by atoms with E-state index in [4.69, 9.17) is 9.40 Å². The Labute approximate surface area is 224 Å². The first-order chi connectivity index (χ1) is 18.2. The molecule has 184 valence electrons. The molecule has 4 aromatic carbocycles. The molecule has 0 saturated heterocycles. The van der Waals surface area contributed by atoms with Crippen molar-refractivity contribution in [3.05, 3.63) is 114 Å². The Hall–Kier alpha value is -3.54. The van der Waals surface area contributed by atoms with Crippen molar-refractivity contribution in [1.29, 1.82) is 0 Å². The largest absolute Gasteiger partial charge is 0.508 e.